The molecule has 0 aliphatic rings. The normalized spacial score (nSPS) is 10.4. The van der Waals surface area contributed by atoms with Gasteiger partial charge in [-0.3, -0.25) is 20.4 Å². The predicted molar refractivity (Wildman–Crippen MR) is 115 cm³/mol. The molecule has 0 fully saturated rings. The molecule has 2 aromatic carbocycles. The highest BCUT2D eigenvalue weighted by atomic mass is 32.2. The number of nitrogens with one attached hydrogen (secondary N) is 2. The summed E-state index contributed by atoms with van der Waals surface area (Å²) in [6.45, 7) is 3.50. The second-order valence-electron chi connectivity index (χ2n) is 6.67. The first-order valence-electron chi connectivity index (χ1n) is 9.40. The van der Waals surface area contributed by atoms with E-state index in [0.717, 1.165) is 23.0 Å². The van der Waals surface area contributed by atoms with Crippen LogP contribution in [0.4, 0.5) is 4.39 Å². The van der Waals surface area contributed by atoms with E-state index in [1.54, 1.807) is 12.1 Å². The molecule has 1 heterocycles. The molecule has 3 aromatic rings. The monoisotopic (exact) mass is 440 g/mol. The first-order chi connectivity index (χ1) is 14.9. The molecule has 2 amide bonds. The third kappa shape index (κ3) is 7.07. The number of carbonyl (C=O) groups excluding carboxylic acids is 2. The molecule has 0 unspecified atom stereocenters. The average molecular weight is 441 g/mol. The first kappa shape index (κ1) is 22.2. The Bertz CT molecular complexity index is 1060. The van der Waals surface area contributed by atoms with Crippen LogP contribution in [0.25, 0.3) is 0 Å². The number of hydrogen-bond donors (Lipinski definition) is 2. The molecular weight excluding hydrogens is 419 g/mol. The molecule has 0 spiro atoms. The molecule has 3 rings (SSSR count). The minimum absolute atomic E-state index is 0.223. The average Bonchev–Trinajstić information content (AvgIpc) is 2.74. The number of aromatic nitrogens is 2. The highest BCUT2D eigenvalue weighted by Gasteiger charge is 2.09. The van der Waals surface area contributed by atoms with E-state index in [4.69, 9.17) is 4.74 Å². The van der Waals surface area contributed by atoms with Crippen molar-refractivity contribution in [1.29, 1.82) is 0 Å². The van der Waals surface area contributed by atoms with Crippen LogP contribution >= 0.6 is 11.8 Å². The van der Waals surface area contributed by atoms with E-state index in [9.17, 15) is 14.0 Å². The maximum atomic E-state index is 13.1. The van der Waals surface area contributed by atoms with Crippen LogP contribution in [0.2, 0.25) is 0 Å². The van der Waals surface area contributed by atoms with E-state index in [-0.39, 0.29) is 12.4 Å². The van der Waals surface area contributed by atoms with Crippen molar-refractivity contribution in [2.75, 3.05) is 6.61 Å². The van der Waals surface area contributed by atoms with Gasteiger partial charge in [-0.1, -0.05) is 30.0 Å². The van der Waals surface area contributed by atoms with Crippen LogP contribution in [0.5, 0.6) is 5.75 Å². The van der Waals surface area contributed by atoms with Crippen molar-refractivity contribution >= 4 is 23.6 Å². The third-order valence-electron chi connectivity index (χ3n) is 4.03. The molecule has 0 radical (unpaired) electrons. The van der Waals surface area contributed by atoms with Crippen LogP contribution in [0.3, 0.4) is 0 Å². The van der Waals surface area contributed by atoms with Crippen molar-refractivity contribution in [1.82, 2.24) is 20.8 Å². The fourth-order valence-corrected chi connectivity index (χ4v) is 3.50. The van der Waals surface area contributed by atoms with Crippen LogP contribution < -0.4 is 15.6 Å². The number of hydrogen-bond acceptors (Lipinski definition) is 6. The quantitative estimate of drug-likeness (QED) is 0.332. The summed E-state index contributed by atoms with van der Waals surface area (Å²) in [4.78, 5) is 32.8. The number of rotatable bonds is 7. The second kappa shape index (κ2) is 10.5. The largest absolute Gasteiger partial charge is 0.484 e. The Morgan fingerprint density at radius 2 is 1.71 bits per heavy atom. The third-order valence-corrected chi connectivity index (χ3v) is 4.95. The Hall–Kier alpha value is -3.46. The molecule has 31 heavy (non-hydrogen) atoms. The molecule has 0 saturated heterocycles. The number of aryl methyl sites for hydroxylation is 2. The molecule has 0 bridgehead atoms. The van der Waals surface area contributed by atoms with E-state index in [1.165, 1.54) is 30.0 Å². The number of benzene rings is 2. The van der Waals surface area contributed by atoms with Gasteiger partial charge in [-0.15, -0.1) is 0 Å². The van der Waals surface area contributed by atoms with Gasteiger partial charge in [0.05, 0.1) is 0 Å². The van der Waals surface area contributed by atoms with Crippen LogP contribution in [-0.4, -0.2) is 28.4 Å². The van der Waals surface area contributed by atoms with Gasteiger partial charge in [0.1, 0.15) is 11.6 Å². The van der Waals surface area contributed by atoms with Crippen LogP contribution in [0, 0.1) is 19.7 Å². The summed E-state index contributed by atoms with van der Waals surface area (Å²) >= 11 is 1.52. The summed E-state index contributed by atoms with van der Waals surface area (Å²) < 4.78 is 18.2. The zero-order chi connectivity index (χ0) is 22.2. The second-order valence-corrected chi connectivity index (χ2v) is 7.61. The lowest BCUT2D eigenvalue weighted by Gasteiger charge is -2.09. The van der Waals surface area contributed by atoms with Gasteiger partial charge in [-0.2, -0.15) is 0 Å². The molecule has 7 nitrogen and oxygen atoms in total. The van der Waals surface area contributed by atoms with E-state index in [0.29, 0.717) is 16.5 Å². The van der Waals surface area contributed by atoms with Crippen LogP contribution in [-0.2, 0) is 10.5 Å². The lowest BCUT2D eigenvalue weighted by molar-refractivity contribution is -0.123. The summed E-state index contributed by atoms with van der Waals surface area (Å²) in [6, 6.07) is 14.4. The molecular formula is C22H21FN4O3S. The summed E-state index contributed by atoms with van der Waals surface area (Å²) in [6.07, 6.45) is 0. The summed E-state index contributed by atoms with van der Waals surface area (Å²) in [5.74, 6) is -0.607. The van der Waals surface area contributed by atoms with E-state index < -0.39 is 17.6 Å². The number of amides is 2. The van der Waals surface area contributed by atoms with E-state index in [2.05, 4.69) is 20.8 Å². The smallest absolute Gasteiger partial charge is 0.276 e. The van der Waals surface area contributed by atoms with Crippen LogP contribution in [0.1, 0.15) is 27.3 Å². The zero-order valence-corrected chi connectivity index (χ0v) is 17.8. The number of ether oxygens (including phenoxy) is 1. The van der Waals surface area contributed by atoms with E-state index in [1.807, 2.05) is 32.0 Å². The number of hydrazine groups is 1. The molecule has 0 aliphatic carbocycles. The standard InChI is InChI=1S/C22H21FN4O3S/c1-14-10-15(2)25-22(24-14)31-13-16-6-8-17(9-7-16)21(29)27-26-20(28)12-30-19-5-3-4-18(23)11-19/h3-11H,12-13H2,1-2H3,(H,26,28)(H,27,29). The molecule has 0 aliphatic heterocycles. The van der Waals surface area contributed by atoms with Gasteiger partial charge in [-0.05, 0) is 49.7 Å². The van der Waals surface area contributed by atoms with Gasteiger partial charge in [0.25, 0.3) is 11.8 Å². The van der Waals surface area contributed by atoms with Gasteiger partial charge < -0.3 is 4.74 Å². The Balaban J connectivity index is 1.44. The Kier molecular flexibility index (Phi) is 7.55. The lowest BCUT2D eigenvalue weighted by atomic mass is 10.1. The number of nitrogens with zero attached hydrogens (tertiary/aromatic N) is 2. The van der Waals surface area contributed by atoms with Gasteiger partial charge in [0.2, 0.25) is 0 Å². The van der Waals surface area contributed by atoms with Crippen molar-refractivity contribution in [2.24, 2.45) is 0 Å². The number of thioether (sulfide) groups is 1. The topological polar surface area (TPSA) is 93.2 Å². The number of carbonyl (C=O) groups is 2. The maximum Gasteiger partial charge on any atom is 0.276 e. The van der Waals surface area contributed by atoms with Crippen molar-refractivity contribution < 1.29 is 18.7 Å². The SMILES string of the molecule is Cc1cc(C)nc(SCc2ccc(C(=O)NNC(=O)COc3cccc(F)c3)cc2)n1. The minimum Gasteiger partial charge on any atom is -0.484 e. The molecule has 2 N–H and O–H groups in total. The molecule has 1 aromatic heterocycles. The predicted octanol–water partition coefficient (Wildman–Crippen LogP) is 3.36. The van der Waals surface area contributed by atoms with Gasteiger partial charge >= 0.3 is 0 Å². The first-order valence-corrected chi connectivity index (χ1v) is 10.4. The van der Waals surface area contributed by atoms with Crippen molar-refractivity contribution in [3.8, 4) is 5.75 Å². The summed E-state index contributed by atoms with van der Waals surface area (Å²) in [5, 5.41) is 0.711. The highest BCUT2D eigenvalue weighted by Crippen LogP contribution is 2.20. The Labute approximate surface area is 183 Å². The van der Waals surface area contributed by atoms with Gasteiger partial charge in [-0.25, -0.2) is 14.4 Å². The van der Waals surface area contributed by atoms with Gasteiger partial charge in [0.15, 0.2) is 11.8 Å². The van der Waals surface area contributed by atoms with E-state index >= 15 is 0 Å². The lowest BCUT2D eigenvalue weighted by Crippen LogP contribution is -2.43. The fraction of sp³-hybridized carbons (Fsp3) is 0.182. The molecule has 160 valence electrons. The molecule has 9 heteroatoms. The van der Waals surface area contributed by atoms with Gasteiger partial charge in [0, 0.05) is 28.8 Å². The fourth-order valence-electron chi connectivity index (χ4n) is 2.60. The Morgan fingerprint density at radius 3 is 2.39 bits per heavy atom. The minimum atomic E-state index is -0.570. The highest BCUT2D eigenvalue weighted by molar-refractivity contribution is 7.98. The Morgan fingerprint density at radius 1 is 1.00 bits per heavy atom. The number of halogens is 1. The summed E-state index contributed by atoms with van der Waals surface area (Å²) in [5.41, 5.74) is 7.82. The summed E-state index contributed by atoms with van der Waals surface area (Å²) in [7, 11) is 0. The van der Waals surface area contributed by atoms with Crippen molar-refractivity contribution in [2.45, 2.75) is 24.8 Å². The molecule has 0 saturated carbocycles. The maximum absolute atomic E-state index is 13.1. The molecule has 0 atom stereocenters. The van der Waals surface area contributed by atoms with Crippen molar-refractivity contribution in [3.05, 3.63) is 82.9 Å². The zero-order valence-electron chi connectivity index (χ0n) is 17.0. The van der Waals surface area contributed by atoms with Crippen molar-refractivity contribution in [3.63, 3.8) is 0 Å². The van der Waals surface area contributed by atoms with Crippen LogP contribution in [0.15, 0.2) is 59.8 Å².